The summed E-state index contributed by atoms with van der Waals surface area (Å²) in [7, 11) is 0. The molecule has 3 rings (SSSR count). The number of nitrogens with zero attached hydrogens (tertiary/aromatic N) is 3. The number of rotatable bonds is 2. The first-order valence-electron chi connectivity index (χ1n) is 6.77. The molecule has 24 heavy (non-hydrogen) atoms. The number of fused-ring (bicyclic) bond motifs is 1. The minimum absolute atomic E-state index is 0. The van der Waals surface area contributed by atoms with Crippen LogP contribution in [0.15, 0.2) is 35.4 Å². The van der Waals surface area contributed by atoms with Gasteiger partial charge >= 0.3 is 5.51 Å². The van der Waals surface area contributed by atoms with Gasteiger partial charge in [0, 0.05) is 17.1 Å². The lowest BCUT2D eigenvalue weighted by atomic mass is 10.1. The summed E-state index contributed by atoms with van der Waals surface area (Å²) < 4.78 is 38.6. The number of anilines is 2. The van der Waals surface area contributed by atoms with Crippen molar-refractivity contribution in [1.82, 2.24) is 9.78 Å². The molecule has 1 amide bonds. The highest BCUT2D eigenvalue weighted by Gasteiger charge is 2.33. The molecule has 2 N–H and O–H groups in total. The zero-order chi connectivity index (χ0) is 16.8. The summed E-state index contributed by atoms with van der Waals surface area (Å²) in [4.78, 5) is 14.1. The second-order valence-electron chi connectivity index (χ2n) is 5.20. The van der Waals surface area contributed by atoms with Gasteiger partial charge in [0.25, 0.3) is 5.91 Å². The van der Waals surface area contributed by atoms with Crippen LogP contribution in [-0.2, 0) is 0 Å². The average molecular weight is 376 g/mol. The Morgan fingerprint density at radius 1 is 1.29 bits per heavy atom. The number of carbonyl (C=O) groups excluding carboxylic acids is 1. The Bertz CT molecular complexity index is 745. The fraction of sp³-hybridized carbons (Fsp3) is 0.286. The monoisotopic (exact) mass is 376 g/mol. The maximum Gasteiger partial charge on any atom is 0.446 e. The highest BCUT2D eigenvalue weighted by Crippen LogP contribution is 2.38. The van der Waals surface area contributed by atoms with E-state index in [1.54, 1.807) is 4.68 Å². The van der Waals surface area contributed by atoms with Crippen LogP contribution in [0.2, 0.25) is 0 Å². The topological polar surface area (TPSA) is 64.2 Å². The van der Waals surface area contributed by atoms with Crippen LogP contribution in [0.3, 0.4) is 0 Å². The largest absolute Gasteiger partial charge is 0.446 e. The third kappa shape index (κ3) is 3.48. The van der Waals surface area contributed by atoms with Crippen molar-refractivity contribution in [3.05, 3.63) is 36.2 Å². The Kier molecular flexibility index (Phi) is 5.09. The van der Waals surface area contributed by atoms with Crippen LogP contribution in [0.1, 0.15) is 23.5 Å². The first-order chi connectivity index (χ1) is 10.8. The fourth-order valence-electron chi connectivity index (χ4n) is 2.53. The number of alkyl halides is 3. The second kappa shape index (κ2) is 6.60. The van der Waals surface area contributed by atoms with E-state index in [0.29, 0.717) is 17.9 Å². The van der Waals surface area contributed by atoms with Crippen LogP contribution in [0.5, 0.6) is 0 Å². The quantitative estimate of drug-likeness (QED) is 0.816. The van der Waals surface area contributed by atoms with Gasteiger partial charge in [-0.25, -0.2) is 0 Å². The van der Waals surface area contributed by atoms with Gasteiger partial charge in [-0.3, -0.25) is 9.48 Å². The summed E-state index contributed by atoms with van der Waals surface area (Å²) in [5.74, 6) is -0.311. The minimum Gasteiger partial charge on any atom is -0.396 e. The molecule has 0 saturated carbocycles. The van der Waals surface area contributed by atoms with E-state index in [1.807, 2.05) is 6.92 Å². The third-order valence-corrected chi connectivity index (χ3v) is 4.26. The molecule has 10 heteroatoms. The molecule has 5 nitrogen and oxygen atoms in total. The van der Waals surface area contributed by atoms with Crippen molar-refractivity contribution in [3.8, 4) is 0 Å². The van der Waals surface area contributed by atoms with E-state index in [-0.39, 0.29) is 47.8 Å². The molecule has 1 aliphatic rings. The first kappa shape index (κ1) is 18.5. The van der Waals surface area contributed by atoms with E-state index in [2.05, 4.69) is 5.10 Å². The van der Waals surface area contributed by atoms with Crippen molar-refractivity contribution in [3.63, 3.8) is 0 Å². The summed E-state index contributed by atoms with van der Waals surface area (Å²) >= 11 is -0.188. The summed E-state index contributed by atoms with van der Waals surface area (Å²) in [6, 6.07) is 5.62. The number of nitrogens with two attached hydrogens (primary N) is 1. The molecule has 0 aliphatic carbocycles. The van der Waals surface area contributed by atoms with Crippen molar-refractivity contribution in [2.75, 3.05) is 17.2 Å². The van der Waals surface area contributed by atoms with Crippen LogP contribution in [0.25, 0.3) is 0 Å². The highest BCUT2D eigenvalue weighted by molar-refractivity contribution is 8.00. The van der Waals surface area contributed by atoms with E-state index < -0.39 is 5.51 Å². The van der Waals surface area contributed by atoms with Gasteiger partial charge < -0.3 is 10.6 Å². The van der Waals surface area contributed by atoms with Crippen molar-refractivity contribution >= 4 is 42.5 Å². The molecule has 0 unspecified atom stereocenters. The zero-order valence-corrected chi connectivity index (χ0v) is 14.4. The van der Waals surface area contributed by atoms with Gasteiger partial charge in [0.05, 0.1) is 17.9 Å². The number of halogens is 3. The average Bonchev–Trinajstić information content (AvgIpc) is 2.85. The van der Waals surface area contributed by atoms with E-state index in [4.69, 9.17) is 5.73 Å². The van der Waals surface area contributed by atoms with Crippen molar-refractivity contribution in [2.45, 2.75) is 23.4 Å². The van der Waals surface area contributed by atoms with E-state index in [0.717, 1.165) is 0 Å². The molecule has 1 aromatic heterocycles. The van der Waals surface area contributed by atoms with Crippen LogP contribution in [0, 0.1) is 0 Å². The maximum atomic E-state index is 12.6. The van der Waals surface area contributed by atoms with Gasteiger partial charge in [-0.2, -0.15) is 31.8 Å². The lowest BCUT2D eigenvalue weighted by Crippen LogP contribution is -2.42. The normalized spacial score (nSPS) is 17.4. The smallest absolute Gasteiger partial charge is 0.396 e. The number of thioether (sulfide) groups is 1. The SMILES string of the molecule is C[C@H]1CN(c2ccc(SC(F)(F)F)cc2)C(=O)c2c(N)cnn21.S. The van der Waals surface area contributed by atoms with Crippen molar-refractivity contribution in [1.29, 1.82) is 0 Å². The molecule has 0 saturated heterocycles. The van der Waals surface area contributed by atoms with Crippen LogP contribution in [0.4, 0.5) is 24.5 Å². The maximum absolute atomic E-state index is 12.6. The van der Waals surface area contributed by atoms with Crippen molar-refractivity contribution < 1.29 is 18.0 Å². The van der Waals surface area contributed by atoms with E-state index in [9.17, 15) is 18.0 Å². The summed E-state index contributed by atoms with van der Waals surface area (Å²) in [6.07, 6.45) is 1.43. The standard InChI is InChI=1S/C14H13F3N4OS.H2S/c1-8-7-20(13(22)12-11(18)6-19-21(8)12)9-2-4-10(5-3-9)23-14(15,16)17;/h2-6,8H,7,18H2,1H3;1H2/t8-;/m0./s1. The van der Waals surface area contributed by atoms with Gasteiger partial charge in [-0.15, -0.1) is 0 Å². The predicted octanol–water partition coefficient (Wildman–Crippen LogP) is 3.41. The summed E-state index contributed by atoms with van der Waals surface area (Å²) in [6.45, 7) is 2.27. The molecule has 2 heterocycles. The summed E-state index contributed by atoms with van der Waals surface area (Å²) in [5, 5.41) is 4.09. The Balaban J connectivity index is 0.00000208. The van der Waals surface area contributed by atoms with Gasteiger partial charge in [0.15, 0.2) is 0 Å². The number of aromatic nitrogens is 2. The van der Waals surface area contributed by atoms with E-state index >= 15 is 0 Å². The minimum atomic E-state index is -4.34. The zero-order valence-electron chi connectivity index (χ0n) is 12.5. The first-order valence-corrected chi connectivity index (χ1v) is 7.58. The number of amides is 1. The van der Waals surface area contributed by atoms with Gasteiger partial charge in [0.2, 0.25) is 0 Å². The van der Waals surface area contributed by atoms with Crippen molar-refractivity contribution in [2.24, 2.45) is 0 Å². The Morgan fingerprint density at radius 3 is 2.50 bits per heavy atom. The molecular weight excluding hydrogens is 361 g/mol. The number of carbonyl (C=O) groups is 1. The van der Waals surface area contributed by atoms with Gasteiger partial charge in [-0.05, 0) is 43.0 Å². The molecule has 0 spiro atoms. The van der Waals surface area contributed by atoms with E-state index in [1.165, 1.54) is 35.4 Å². The molecule has 0 radical (unpaired) electrons. The molecule has 1 aromatic carbocycles. The van der Waals surface area contributed by atoms with Crippen LogP contribution in [-0.4, -0.2) is 27.7 Å². The lowest BCUT2D eigenvalue weighted by Gasteiger charge is -2.32. The fourth-order valence-corrected chi connectivity index (χ4v) is 3.07. The Morgan fingerprint density at radius 2 is 1.92 bits per heavy atom. The lowest BCUT2D eigenvalue weighted by molar-refractivity contribution is -0.0328. The molecular formula is C14H15F3N4OS2. The van der Waals surface area contributed by atoms with Crippen LogP contribution < -0.4 is 10.6 Å². The second-order valence-corrected chi connectivity index (χ2v) is 6.34. The number of hydrogen-bond donors (Lipinski definition) is 1. The third-order valence-electron chi connectivity index (χ3n) is 3.52. The Labute approximate surface area is 147 Å². The van der Waals surface area contributed by atoms with Crippen LogP contribution >= 0.6 is 25.3 Å². The number of benzene rings is 1. The molecule has 0 fully saturated rings. The number of nitrogen functional groups attached to an aromatic ring is 1. The highest BCUT2D eigenvalue weighted by atomic mass is 32.2. The van der Waals surface area contributed by atoms with Gasteiger partial charge in [-0.1, -0.05) is 0 Å². The molecule has 1 aliphatic heterocycles. The summed E-state index contributed by atoms with van der Waals surface area (Å²) in [5.41, 5.74) is 2.57. The number of hydrogen-bond acceptors (Lipinski definition) is 4. The molecule has 1 atom stereocenters. The van der Waals surface area contributed by atoms with Gasteiger partial charge in [0.1, 0.15) is 5.69 Å². The Hall–Kier alpha value is -1.81. The molecule has 0 bridgehead atoms. The predicted molar refractivity (Wildman–Crippen MR) is 91.8 cm³/mol. The molecule has 2 aromatic rings. The molecule has 130 valence electrons.